The van der Waals surface area contributed by atoms with E-state index in [1.807, 2.05) is 0 Å². The van der Waals surface area contributed by atoms with Crippen molar-refractivity contribution >= 4 is 22.5 Å². The first-order chi connectivity index (χ1) is 11.9. The standard InChI is InChI=1S/C21H28N2S/c1-2-10-20-18(7-1)8-5-11-21(20)24-17-19-9-6-14-23(19)16-15-22-12-3-4-13-22/h1-2,5,7-8,10-11,19H,3-4,6,9,12-17H2. The minimum absolute atomic E-state index is 0.761. The Morgan fingerprint density at radius 2 is 1.71 bits per heavy atom. The summed E-state index contributed by atoms with van der Waals surface area (Å²) in [5.41, 5.74) is 0. The van der Waals surface area contributed by atoms with Crippen LogP contribution in [-0.4, -0.2) is 54.3 Å². The van der Waals surface area contributed by atoms with Gasteiger partial charge in [-0.3, -0.25) is 4.90 Å². The molecule has 128 valence electrons. The van der Waals surface area contributed by atoms with E-state index in [0.717, 1.165) is 6.04 Å². The predicted molar refractivity (Wildman–Crippen MR) is 105 cm³/mol. The van der Waals surface area contributed by atoms with Gasteiger partial charge in [-0.05, 0) is 62.2 Å². The number of likely N-dealkylation sites (tertiary alicyclic amines) is 2. The molecule has 0 aromatic heterocycles. The molecule has 0 saturated carbocycles. The maximum absolute atomic E-state index is 2.75. The molecule has 1 unspecified atom stereocenters. The molecule has 0 amide bonds. The Labute approximate surface area is 150 Å². The van der Waals surface area contributed by atoms with Gasteiger partial charge in [-0.2, -0.15) is 0 Å². The molecule has 4 rings (SSSR count). The second-order valence-corrected chi connectivity index (χ2v) is 8.23. The summed E-state index contributed by atoms with van der Waals surface area (Å²) in [4.78, 5) is 6.84. The van der Waals surface area contributed by atoms with Gasteiger partial charge in [0.1, 0.15) is 0 Å². The van der Waals surface area contributed by atoms with Crippen molar-refractivity contribution in [1.82, 2.24) is 9.80 Å². The van der Waals surface area contributed by atoms with E-state index in [-0.39, 0.29) is 0 Å². The van der Waals surface area contributed by atoms with Gasteiger partial charge in [0.2, 0.25) is 0 Å². The van der Waals surface area contributed by atoms with Crippen molar-refractivity contribution in [3.63, 3.8) is 0 Å². The molecule has 2 aromatic carbocycles. The number of fused-ring (bicyclic) bond motifs is 1. The predicted octanol–water partition coefficient (Wildman–Crippen LogP) is 4.49. The topological polar surface area (TPSA) is 6.48 Å². The van der Waals surface area contributed by atoms with Gasteiger partial charge in [0, 0.05) is 29.8 Å². The maximum atomic E-state index is 2.75. The Hall–Kier alpha value is -1.03. The molecule has 0 N–H and O–H groups in total. The van der Waals surface area contributed by atoms with Crippen molar-refractivity contribution in [2.24, 2.45) is 0 Å². The highest BCUT2D eigenvalue weighted by atomic mass is 32.2. The van der Waals surface area contributed by atoms with E-state index in [9.17, 15) is 0 Å². The lowest BCUT2D eigenvalue weighted by atomic mass is 10.1. The number of nitrogens with zero attached hydrogens (tertiary/aromatic N) is 2. The largest absolute Gasteiger partial charge is 0.302 e. The zero-order valence-electron chi connectivity index (χ0n) is 14.5. The fraction of sp³-hybridized carbons (Fsp3) is 0.524. The van der Waals surface area contributed by atoms with Gasteiger partial charge >= 0.3 is 0 Å². The van der Waals surface area contributed by atoms with Crippen molar-refractivity contribution in [1.29, 1.82) is 0 Å². The molecule has 2 aromatic rings. The van der Waals surface area contributed by atoms with Crippen LogP contribution in [-0.2, 0) is 0 Å². The van der Waals surface area contributed by atoms with Crippen LogP contribution in [0.25, 0.3) is 10.8 Å². The van der Waals surface area contributed by atoms with E-state index in [0.29, 0.717) is 0 Å². The van der Waals surface area contributed by atoms with Crippen LogP contribution in [0.2, 0.25) is 0 Å². The van der Waals surface area contributed by atoms with Crippen LogP contribution in [0.4, 0.5) is 0 Å². The SMILES string of the molecule is c1ccc2c(SCC3CCCN3CCN3CCCC3)cccc2c1. The van der Waals surface area contributed by atoms with E-state index in [1.54, 1.807) is 0 Å². The number of thioether (sulfide) groups is 1. The zero-order valence-corrected chi connectivity index (χ0v) is 15.3. The van der Waals surface area contributed by atoms with Crippen LogP contribution in [0.15, 0.2) is 47.4 Å². The molecule has 24 heavy (non-hydrogen) atoms. The van der Waals surface area contributed by atoms with Crippen molar-refractivity contribution in [2.45, 2.75) is 36.6 Å². The Morgan fingerprint density at radius 1 is 0.875 bits per heavy atom. The van der Waals surface area contributed by atoms with Gasteiger partial charge in [0.15, 0.2) is 0 Å². The highest BCUT2D eigenvalue weighted by Gasteiger charge is 2.25. The third-order valence-corrected chi connectivity index (χ3v) is 6.80. The molecular weight excluding hydrogens is 312 g/mol. The maximum Gasteiger partial charge on any atom is 0.0190 e. The zero-order chi connectivity index (χ0) is 16.2. The van der Waals surface area contributed by atoms with Crippen molar-refractivity contribution < 1.29 is 0 Å². The Bertz CT molecular complexity index is 660. The number of rotatable bonds is 6. The lowest BCUT2D eigenvalue weighted by Gasteiger charge is -2.26. The molecule has 3 heteroatoms. The Balaban J connectivity index is 1.35. The number of hydrogen-bond donors (Lipinski definition) is 0. The molecule has 2 nitrogen and oxygen atoms in total. The van der Waals surface area contributed by atoms with Crippen molar-refractivity contribution in [2.75, 3.05) is 38.5 Å². The molecule has 2 heterocycles. The summed E-state index contributed by atoms with van der Waals surface area (Å²) >= 11 is 2.05. The molecule has 0 bridgehead atoms. The summed E-state index contributed by atoms with van der Waals surface area (Å²) < 4.78 is 0. The molecule has 0 spiro atoms. The molecule has 2 aliphatic rings. The van der Waals surface area contributed by atoms with Crippen LogP contribution in [0.3, 0.4) is 0 Å². The minimum atomic E-state index is 0.761. The summed E-state index contributed by atoms with van der Waals surface area (Å²) in [6.45, 7) is 6.48. The summed E-state index contributed by atoms with van der Waals surface area (Å²) in [5, 5.41) is 2.77. The Kier molecular flexibility index (Phi) is 5.41. The summed E-state index contributed by atoms with van der Waals surface area (Å²) in [6, 6.07) is 16.2. The number of benzene rings is 2. The molecule has 0 radical (unpaired) electrons. The lowest BCUT2D eigenvalue weighted by molar-refractivity contribution is 0.223. The van der Waals surface area contributed by atoms with E-state index in [4.69, 9.17) is 0 Å². The minimum Gasteiger partial charge on any atom is -0.302 e. The quantitative estimate of drug-likeness (QED) is 0.715. The molecule has 2 saturated heterocycles. The van der Waals surface area contributed by atoms with Crippen LogP contribution in [0.1, 0.15) is 25.7 Å². The molecule has 2 aliphatic heterocycles. The van der Waals surface area contributed by atoms with Gasteiger partial charge in [0.05, 0.1) is 0 Å². The second kappa shape index (κ2) is 7.90. The van der Waals surface area contributed by atoms with Crippen molar-refractivity contribution in [3.05, 3.63) is 42.5 Å². The second-order valence-electron chi connectivity index (χ2n) is 7.17. The van der Waals surface area contributed by atoms with Gasteiger partial charge in [-0.25, -0.2) is 0 Å². The fourth-order valence-corrected chi connectivity index (χ4v) is 5.43. The average molecular weight is 341 g/mol. The highest BCUT2D eigenvalue weighted by Crippen LogP contribution is 2.31. The normalized spacial score (nSPS) is 22.6. The first-order valence-electron chi connectivity index (χ1n) is 9.47. The first kappa shape index (κ1) is 16.4. The van der Waals surface area contributed by atoms with E-state index < -0.39 is 0 Å². The third kappa shape index (κ3) is 3.79. The van der Waals surface area contributed by atoms with Gasteiger partial charge in [-0.1, -0.05) is 36.4 Å². The fourth-order valence-electron chi connectivity index (χ4n) is 4.16. The molecule has 2 fully saturated rings. The van der Waals surface area contributed by atoms with E-state index >= 15 is 0 Å². The van der Waals surface area contributed by atoms with E-state index in [2.05, 4.69) is 64.0 Å². The van der Waals surface area contributed by atoms with E-state index in [1.165, 1.54) is 79.8 Å². The van der Waals surface area contributed by atoms with Crippen molar-refractivity contribution in [3.8, 4) is 0 Å². The van der Waals surface area contributed by atoms with Crippen LogP contribution in [0.5, 0.6) is 0 Å². The first-order valence-corrected chi connectivity index (χ1v) is 10.5. The Morgan fingerprint density at radius 3 is 2.62 bits per heavy atom. The van der Waals surface area contributed by atoms with Gasteiger partial charge in [0.25, 0.3) is 0 Å². The summed E-state index contributed by atoms with van der Waals surface area (Å²) in [6.07, 6.45) is 5.55. The van der Waals surface area contributed by atoms with Crippen LogP contribution >= 0.6 is 11.8 Å². The smallest absolute Gasteiger partial charge is 0.0190 e. The monoisotopic (exact) mass is 340 g/mol. The summed E-state index contributed by atoms with van der Waals surface area (Å²) in [5.74, 6) is 1.23. The number of hydrogen-bond acceptors (Lipinski definition) is 3. The molecule has 1 atom stereocenters. The highest BCUT2D eigenvalue weighted by molar-refractivity contribution is 7.99. The third-order valence-electron chi connectivity index (χ3n) is 5.58. The van der Waals surface area contributed by atoms with Gasteiger partial charge < -0.3 is 4.90 Å². The molecular formula is C21H28N2S. The lowest BCUT2D eigenvalue weighted by Crippen LogP contribution is -2.37. The van der Waals surface area contributed by atoms with Crippen LogP contribution in [0, 0.1) is 0 Å². The molecule has 0 aliphatic carbocycles. The average Bonchev–Trinajstić information content (AvgIpc) is 3.29. The van der Waals surface area contributed by atoms with Crippen LogP contribution < -0.4 is 0 Å². The van der Waals surface area contributed by atoms with Gasteiger partial charge in [-0.15, -0.1) is 11.8 Å². The summed E-state index contributed by atoms with van der Waals surface area (Å²) in [7, 11) is 0.